The van der Waals surface area contributed by atoms with E-state index >= 15 is 0 Å². The van der Waals surface area contributed by atoms with E-state index in [-0.39, 0.29) is 12.3 Å². The molecule has 2 aromatic carbocycles. The second-order valence-corrected chi connectivity index (χ2v) is 6.55. The highest BCUT2D eigenvalue weighted by atomic mass is 16.3. The highest BCUT2D eigenvalue weighted by molar-refractivity contribution is 5.97. The van der Waals surface area contributed by atoms with Gasteiger partial charge in [-0.25, -0.2) is 4.98 Å². The Morgan fingerprint density at radius 3 is 2.83 bits per heavy atom. The summed E-state index contributed by atoms with van der Waals surface area (Å²) in [6.07, 6.45) is 3.22. The van der Waals surface area contributed by atoms with Gasteiger partial charge in [0.2, 0.25) is 5.91 Å². The van der Waals surface area contributed by atoms with Crippen molar-refractivity contribution in [2.75, 3.05) is 5.32 Å². The Hall–Kier alpha value is -4.20. The number of H-pyrrole nitrogens is 2. The number of furan rings is 1. The summed E-state index contributed by atoms with van der Waals surface area (Å²) in [5, 5.41) is 18.2. The largest absolute Gasteiger partial charge is 0.469 e. The van der Waals surface area contributed by atoms with E-state index < -0.39 is 0 Å². The summed E-state index contributed by atoms with van der Waals surface area (Å²) >= 11 is 0. The quantitative estimate of drug-likeness (QED) is 0.427. The second kappa shape index (κ2) is 7.08. The summed E-state index contributed by atoms with van der Waals surface area (Å²) in [6, 6.07) is 17.1. The van der Waals surface area contributed by atoms with Gasteiger partial charge >= 0.3 is 0 Å². The molecule has 29 heavy (non-hydrogen) atoms. The first kappa shape index (κ1) is 16.9. The molecular weight excluding hydrogens is 368 g/mol. The molecule has 0 saturated heterocycles. The first-order valence-corrected chi connectivity index (χ1v) is 9.03. The van der Waals surface area contributed by atoms with Crippen LogP contribution in [0.4, 0.5) is 5.69 Å². The molecule has 142 valence electrons. The summed E-state index contributed by atoms with van der Waals surface area (Å²) < 4.78 is 5.23. The van der Waals surface area contributed by atoms with Crippen LogP contribution in [-0.2, 0) is 11.2 Å². The van der Waals surface area contributed by atoms with Crippen molar-refractivity contribution >= 4 is 22.5 Å². The lowest BCUT2D eigenvalue weighted by atomic mass is 10.0. The van der Waals surface area contributed by atoms with Crippen molar-refractivity contribution in [1.29, 1.82) is 0 Å². The normalized spacial score (nSPS) is 11.0. The zero-order valence-electron chi connectivity index (χ0n) is 15.2. The number of aromatic nitrogens is 5. The van der Waals surface area contributed by atoms with Crippen molar-refractivity contribution in [3.8, 4) is 22.6 Å². The summed E-state index contributed by atoms with van der Waals surface area (Å²) in [4.78, 5) is 16.5. The molecule has 3 N–H and O–H groups in total. The molecule has 5 aromatic rings. The van der Waals surface area contributed by atoms with E-state index in [2.05, 4.69) is 30.7 Å². The van der Waals surface area contributed by atoms with Crippen LogP contribution in [0.5, 0.6) is 0 Å². The Labute approximate surface area is 165 Å². The average Bonchev–Trinajstić information content (AvgIpc) is 3.49. The standard InChI is InChI=1S/C21H16N6O2/c28-19(11-16-5-2-8-29-16)24-15-4-1-3-13(9-15)20-17-10-14(21-22-12-23-27-21)6-7-18(17)25-26-20/h1-10,12H,11H2,(H,24,28)(H,25,26)(H,22,23,27). The van der Waals surface area contributed by atoms with Gasteiger partial charge in [-0.15, -0.1) is 0 Å². The molecule has 8 nitrogen and oxygen atoms in total. The Morgan fingerprint density at radius 2 is 2.00 bits per heavy atom. The van der Waals surface area contributed by atoms with Crippen LogP contribution in [0.3, 0.4) is 0 Å². The number of rotatable bonds is 5. The Morgan fingerprint density at radius 1 is 1.03 bits per heavy atom. The van der Waals surface area contributed by atoms with E-state index in [1.54, 1.807) is 18.4 Å². The highest BCUT2D eigenvalue weighted by Gasteiger charge is 2.12. The number of carbonyl (C=O) groups is 1. The van der Waals surface area contributed by atoms with Gasteiger partial charge in [-0.1, -0.05) is 12.1 Å². The van der Waals surface area contributed by atoms with Gasteiger partial charge in [0.15, 0.2) is 5.82 Å². The van der Waals surface area contributed by atoms with E-state index in [4.69, 9.17) is 4.42 Å². The smallest absolute Gasteiger partial charge is 0.231 e. The lowest BCUT2D eigenvalue weighted by molar-refractivity contribution is -0.115. The van der Waals surface area contributed by atoms with Crippen LogP contribution in [0.25, 0.3) is 33.5 Å². The third-order valence-electron chi connectivity index (χ3n) is 4.59. The van der Waals surface area contributed by atoms with Crippen LogP contribution < -0.4 is 5.32 Å². The Balaban J connectivity index is 1.45. The molecule has 0 unspecified atom stereocenters. The minimum Gasteiger partial charge on any atom is -0.469 e. The van der Waals surface area contributed by atoms with Gasteiger partial charge in [0.05, 0.1) is 23.9 Å². The van der Waals surface area contributed by atoms with Crippen molar-refractivity contribution < 1.29 is 9.21 Å². The van der Waals surface area contributed by atoms with Crippen molar-refractivity contribution in [2.45, 2.75) is 6.42 Å². The van der Waals surface area contributed by atoms with E-state index in [0.717, 1.165) is 27.7 Å². The van der Waals surface area contributed by atoms with E-state index in [1.807, 2.05) is 42.5 Å². The van der Waals surface area contributed by atoms with Gasteiger partial charge in [0.25, 0.3) is 0 Å². The van der Waals surface area contributed by atoms with Crippen molar-refractivity contribution in [2.24, 2.45) is 0 Å². The van der Waals surface area contributed by atoms with E-state index in [0.29, 0.717) is 17.3 Å². The topological polar surface area (TPSA) is 112 Å². The SMILES string of the molecule is O=C(Cc1ccco1)Nc1cccc(-c2n[nH]c3ccc(-c4ncn[nH]4)cc23)c1. The maximum atomic E-state index is 12.3. The fraction of sp³-hybridized carbons (Fsp3) is 0.0476. The fourth-order valence-corrected chi connectivity index (χ4v) is 3.25. The number of amides is 1. The molecule has 0 aliphatic heterocycles. The van der Waals surface area contributed by atoms with Crippen LogP contribution in [-0.4, -0.2) is 31.3 Å². The van der Waals surface area contributed by atoms with Crippen molar-refractivity contribution in [3.63, 3.8) is 0 Å². The number of nitrogens with zero attached hydrogens (tertiary/aromatic N) is 3. The summed E-state index contributed by atoms with van der Waals surface area (Å²) in [5.41, 5.74) is 4.21. The van der Waals surface area contributed by atoms with E-state index in [1.165, 1.54) is 6.33 Å². The number of benzene rings is 2. The zero-order valence-corrected chi connectivity index (χ0v) is 15.2. The third kappa shape index (κ3) is 3.39. The lowest BCUT2D eigenvalue weighted by Crippen LogP contribution is -2.13. The molecule has 0 bridgehead atoms. The van der Waals surface area contributed by atoms with Crippen molar-refractivity contribution in [3.05, 3.63) is 72.9 Å². The maximum Gasteiger partial charge on any atom is 0.231 e. The van der Waals surface area contributed by atoms with Gasteiger partial charge < -0.3 is 9.73 Å². The van der Waals surface area contributed by atoms with E-state index in [9.17, 15) is 4.79 Å². The highest BCUT2D eigenvalue weighted by Crippen LogP contribution is 2.30. The number of hydrogen-bond acceptors (Lipinski definition) is 5. The van der Waals surface area contributed by atoms with Gasteiger partial charge in [0.1, 0.15) is 12.1 Å². The molecule has 0 radical (unpaired) electrons. The predicted octanol–water partition coefficient (Wildman–Crippen LogP) is 3.79. The molecule has 0 spiro atoms. The minimum atomic E-state index is -0.142. The number of nitrogens with one attached hydrogen (secondary N) is 3. The number of fused-ring (bicyclic) bond motifs is 1. The molecule has 1 amide bonds. The predicted molar refractivity (Wildman–Crippen MR) is 108 cm³/mol. The average molecular weight is 384 g/mol. The summed E-state index contributed by atoms with van der Waals surface area (Å²) in [5.74, 6) is 1.17. The third-order valence-corrected chi connectivity index (χ3v) is 4.59. The van der Waals surface area contributed by atoms with Crippen LogP contribution in [0.1, 0.15) is 5.76 Å². The number of anilines is 1. The molecule has 5 rings (SSSR count). The maximum absolute atomic E-state index is 12.3. The molecule has 8 heteroatoms. The first-order chi connectivity index (χ1) is 14.3. The molecule has 3 aromatic heterocycles. The number of aromatic amines is 2. The van der Waals surface area contributed by atoms with Gasteiger partial charge in [0, 0.05) is 22.2 Å². The lowest BCUT2D eigenvalue weighted by Gasteiger charge is -2.06. The molecule has 0 saturated carbocycles. The van der Waals surface area contributed by atoms with Crippen molar-refractivity contribution in [1.82, 2.24) is 25.4 Å². The van der Waals surface area contributed by atoms with Crippen LogP contribution in [0, 0.1) is 0 Å². The minimum absolute atomic E-state index is 0.142. The summed E-state index contributed by atoms with van der Waals surface area (Å²) in [7, 11) is 0. The number of hydrogen-bond donors (Lipinski definition) is 3. The molecule has 0 aliphatic carbocycles. The zero-order chi connectivity index (χ0) is 19.6. The molecule has 0 atom stereocenters. The molecule has 0 aliphatic rings. The molecular formula is C21H16N6O2. The Kier molecular flexibility index (Phi) is 4.14. The van der Waals surface area contributed by atoms with Crippen LogP contribution in [0.2, 0.25) is 0 Å². The van der Waals surface area contributed by atoms with Gasteiger partial charge in [-0.05, 0) is 42.5 Å². The van der Waals surface area contributed by atoms with Crippen LogP contribution >= 0.6 is 0 Å². The number of carbonyl (C=O) groups excluding carboxylic acids is 1. The summed E-state index contributed by atoms with van der Waals surface area (Å²) in [6.45, 7) is 0. The first-order valence-electron chi connectivity index (χ1n) is 9.03. The van der Waals surface area contributed by atoms with Gasteiger partial charge in [-0.2, -0.15) is 10.2 Å². The monoisotopic (exact) mass is 384 g/mol. The van der Waals surface area contributed by atoms with Crippen LogP contribution in [0.15, 0.2) is 71.6 Å². The van der Waals surface area contributed by atoms with Gasteiger partial charge in [-0.3, -0.25) is 15.0 Å². The molecule has 0 fully saturated rings. The second-order valence-electron chi connectivity index (χ2n) is 6.55. The Bertz CT molecular complexity index is 1270. The molecule has 3 heterocycles. The fourth-order valence-electron chi connectivity index (χ4n) is 3.25.